The summed E-state index contributed by atoms with van der Waals surface area (Å²) in [6.07, 6.45) is -0.0960. The van der Waals surface area contributed by atoms with E-state index in [2.05, 4.69) is 5.32 Å². The van der Waals surface area contributed by atoms with Crippen LogP contribution in [0.5, 0.6) is 11.5 Å². The Bertz CT molecular complexity index is 648. The van der Waals surface area contributed by atoms with E-state index in [1.807, 2.05) is 18.2 Å². The number of ether oxygens (including phenoxy) is 3. The van der Waals surface area contributed by atoms with Crippen LogP contribution in [0.25, 0.3) is 0 Å². The van der Waals surface area contributed by atoms with Crippen LogP contribution in [0.2, 0.25) is 0 Å². The third-order valence-corrected chi connectivity index (χ3v) is 4.35. The second kappa shape index (κ2) is 6.59. The molecule has 2 aliphatic rings. The molecule has 1 N–H and O–H groups in total. The van der Waals surface area contributed by atoms with Gasteiger partial charge in [0.15, 0.2) is 11.5 Å². The summed E-state index contributed by atoms with van der Waals surface area (Å²) in [7, 11) is 0. The van der Waals surface area contributed by atoms with Gasteiger partial charge in [-0.3, -0.25) is 9.69 Å². The Morgan fingerprint density at radius 1 is 1.33 bits per heavy atom. The summed E-state index contributed by atoms with van der Waals surface area (Å²) in [5, 5.41) is 2.84. The van der Waals surface area contributed by atoms with Crippen molar-refractivity contribution in [3.8, 4) is 11.5 Å². The molecule has 2 heterocycles. The molecule has 0 saturated carbocycles. The Balaban J connectivity index is 1.86. The smallest absolute Gasteiger partial charge is 0.410 e. The molecule has 0 bridgehead atoms. The van der Waals surface area contributed by atoms with Crippen molar-refractivity contribution < 1.29 is 23.8 Å². The zero-order chi connectivity index (χ0) is 17.2. The Morgan fingerprint density at radius 2 is 2.08 bits per heavy atom. The van der Waals surface area contributed by atoms with E-state index in [-0.39, 0.29) is 12.5 Å². The maximum Gasteiger partial charge on any atom is 0.410 e. The molecule has 1 fully saturated rings. The highest BCUT2D eigenvalue weighted by Crippen LogP contribution is 2.33. The van der Waals surface area contributed by atoms with Crippen LogP contribution in [0.3, 0.4) is 0 Å². The van der Waals surface area contributed by atoms with Crippen molar-refractivity contribution in [2.24, 2.45) is 0 Å². The molecule has 24 heavy (non-hydrogen) atoms. The zero-order valence-corrected chi connectivity index (χ0v) is 14.0. The van der Waals surface area contributed by atoms with E-state index in [1.165, 1.54) is 4.90 Å². The van der Waals surface area contributed by atoms with Gasteiger partial charge in [0, 0.05) is 19.5 Å². The van der Waals surface area contributed by atoms with Crippen molar-refractivity contribution in [1.29, 1.82) is 0 Å². The van der Waals surface area contributed by atoms with Gasteiger partial charge in [-0.25, -0.2) is 4.79 Å². The van der Waals surface area contributed by atoms with Gasteiger partial charge in [0.1, 0.15) is 18.8 Å². The van der Waals surface area contributed by atoms with Crippen LogP contribution in [-0.2, 0) is 16.0 Å². The van der Waals surface area contributed by atoms with Gasteiger partial charge in [-0.05, 0) is 31.5 Å². The monoisotopic (exact) mass is 334 g/mol. The second-order valence-corrected chi connectivity index (χ2v) is 6.04. The van der Waals surface area contributed by atoms with Crippen molar-refractivity contribution in [2.45, 2.75) is 25.8 Å². The quantitative estimate of drug-likeness (QED) is 0.903. The maximum absolute atomic E-state index is 12.5. The summed E-state index contributed by atoms with van der Waals surface area (Å²) >= 11 is 0. The van der Waals surface area contributed by atoms with Crippen LogP contribution < -0.4 is 14.8 Å². The number of carbonyl (C=O) groups excluding carboxylic acids is 2. The minimum Gasteiger partial charge on any atom is -0.486 e. The van der Waals surface area contributed by atoms with Crippen molar-refractivity contribution in [1.82, 2.24) is 10.2 Å². The summed E-state index contributed by atoms with van der Waals surface area (Å²) in [5.74, 6) is 1.18. The third-order valence-electron chi connectivity index (χ3n) is 4.35. The number of hydrogen-bond donors (Lipinski definition) is 1. The molecule has 1 aromatic carbocycles. The first-order valence-corrected chi connectivity index (χ1v) is 8.16. The van der Waals surface area contributed by atoms with Gasteiger partial charge in [-0.1, -0.05) is 6.07 Å². The molecule has 1 aromatic rings. The van der Waals surface area contributed by atoms with Gasteiger partial charge >= 0.3 is 6.09 Å². The van der Waals surface area contributed by atoms with E-state index < -0.39 is 11.6 Å². The molecule has 130 valence electrons. The lowest BCUT2D eigenvalue weighted by Gasteiger charge is -2.42. The topological polar surface area (TPSA) is 77.1 Å². The number of benzene rings is 1. The van der Waals surface area contributed by atoms with Crippen LogP contribution in [0.4, 0.5) is 4.79 Å². The maximum atomic E-state index is 12.5. The first-order chi connectivity index (χ1) is 11.5. The Morgan fingerprint density at radius 3 is 2.83 bits per heavy atom. The molecule has 0 aliphatic carbocycles. The van der Waals surface area contributed by atoms with Crippen molar-refractivity contribution in [3.63, 3.8) is 0 Å². The molecule has 1 unspecified atom stereocenters. The lowest BCUT2D eigenvalue weighted by atomic mass is 9.88. The molecule has 0 spiro atoms. The van der Waals surface area contributed by atoms with Gasteiger partial charge in [0.05, 0.1) is 6.61 Å². The van der Waals surface area contributed by atoms with Crippen LogP contribution in [0.15, 0.2) is 18.2 Å². The highest BCUT2D eigenvalue weighted by Gasteiger charge is 2.45. The van der Waals surface area contributed by atoms with Gasteiger partial charge in [-0.15, -0.1) is 0 Å². The molecule has 2 aliphatic heterocycles. The predicted molar refractivity (Wildman–Crippen MR) is 86.3 cm³/mol. The van der Waals surface area contributed by atoms with Crippen LogP contribution in [-0.4, -0.2) is 55.3 Å². The van der Waals surface area contributed by atoms with E-state index in [0.29, 0.717) is 44.2 Å². The summed E-state index contributed by atoms with van der Waals surface area (Å²) in [6, 6.07) is 5.59. The fourth-order valence-electron chi connectivity index (χ4n) is 3.11. The minimum atomic E-state index is -1.01. The standard InChI is InChI=1S/C17H22N2O5/c1-3-22-16(21)19-7-6-18-15(20)17(19,2)11-12-4-5-13-14(10-12)24-9-8-23-13/h4-5,10H,3,6-9,11H2,1-2H3,(H,18,20). The highest BCUT2D eigenvalue weighted by molar-refractivity contribution is 5.91. The van der Waals surface area contributed by atoms with Gasteiger partial charge in [0.2, 0.25) is 5.91 Å². The molecular formula is C17H22N2O5. The number of piperazine rings is 1. The molecule has 0 aromatic heterocycles. The molecule has 1 saturated heterocycles. The summed E-state index contributed by atoms with van der Waals surface area (Å²) in [6.45, 7) is 5.67. The van der Waals surface area contributed by atoms with Crippen LogP contribution in [0.1, 0.15) is 19.4 Å². The largest absolute Gasteiger partial charge is 0.486 e. The van der Waals surface area contributed by atoms with Crippen LogP contribution >= 0.6 is 0 Å². The SMILES string of the molecule is CCOC(=O)N1CCNC(=O)C1(C)Cc1ccc2c(c1)OCCO2. The van der Waals surface area contributed by atoms with E-state index in [4.69, 9.17) is 14.2 Å². The summed E-state index contributed by atoms with van der Waals surface area (Å²) in [4.78, 5) is 26.3. The van der Waals surface area contributed by atoms with E-state index in [1.54, 1.807) is 13.8 Å². The zero-order valence-electron chi connectivity index (χ0n) is 14.0. The Kier molecular flexibility index (Phi) is 4.51. The van der Waals surface area contributed by atoms with Gasteiger partial charge < -0.3 is 19.5 Å². The van der Waals surface area contributed by atoms with E-state index in [9.17, 15) is 9.59 Å². The number of fused-ring (bicyclic) bond motifs is 1. The number of rotatable bonds is 3. The fraction of sp³-hybridized carbons (Fsp3) is 0.529. The molecule has 7 heteroatoms. The lowest BCUT2D eigenvalue weighted by Crippen LogP contribution is -2.66. The number of nitrogens with one attached hydrogen (secondary N) is 1. The summed E-state index contributed by atoms with van der Waals surface area (Å²) in [5.41, 5.74) is -0.109. The average Bonchev–Trinajstić information content (AvgIpc) is 2.57. The lowest BCUT2D eigenvalue weighted by molar-refractivity contribution is -0.134. The predicted octanol–water partition coefficient (Wildman–Crippen LogP) is 1.35. The number of amides is 2. The van der Waals surface area contributed by atoms with E-state index >= 15 is 0 Å². The first-order valence-electron chi connectivity index (χ1n) is 8.16. The highest BCUT2D eigenvalue weighted by atomic mass is 16.6. The second-order valence-electron chi connectivity index (χ2n) is 6.04. The molecular weight excluding hydrogens is 312 g/mol. The Labute approximate surface area is 140 Å². The molecule has 1 atom stereocenters. The normalized spacial score (nSPS) is 22.8. The average molecular weight is 334 g/mol. The molecule has 2 amide bonds. The number of carbonyl (C=O) groups is 2. The Hall–Kier alpha value is -2.44. The van der Waals surface area contributed by atoms with Crippen molar-refractivity contribution >= 4 is 12.0 Å². The number of nitrogens with zero attached hydrogens (tertiary/aromatic N) is 1. The first kappa shape index (κ1) is 16.4. The molecule has 7 nitrogen and oxygen atoms in total. The molecule has 0 radical (unpaired) electrons. The van der Waals surface area contributed by atoms with Gasteiger partial charge in [0.25, 0.3) is 0 Å². The van der Waals surface area contributed by atoms with Crippen molar-refractivity contribution in [2.75, 3.05) is 32.9 Å². The number of hydrogen-bond acceptors (Lipinski definition) is 5. The van der Waals surface area contributed by atoms with Gasteiger partial charge in [-0.2, -0.15) is 0 Å². The molecule has 3 rings (SSSR count). The van der Waals surface area contributed by atoms with Crippen molar-refractivity contribution in [3.05, 3.63) is 23.8 Å². The van der Waals surface area contributed by atoms with E-state index in [0.717, 1.165) is 5.56 Å². The summed E-state index contributed by atoms with van der Waals surface area (Å²) < 4.78 is 16.2. The fourth-order valence-corrected chi connectivity index (χ4v) is 3.11. The third kappa shape index (κ3) is 2.98. The minimum absolute atomic E-state index is 0.184. The van der Waals surface area contributed by atoms with Crippen LogP contribution in [0, 0.1) is 0 Å².